The van der Waals surface area contributed by atoms with Crippen LogP contribution >= 0.6 is 0 Å². The Bertz CT molecular complexity index is 432. The molecule has 98 valence electrons. The summed E-state index contributed by atoms with van der Waals surface area (Å²) in [5.74, 6) is 1.01. The average molecular weight is 248 g/mol. The average Bonchev–Trinajstić information content (AvgIpc) is 2.86. The van der Waals surface area contributed by atoms with Crippen molar-refractivity contribution in [3.05, 3.63) is 29.3 Å². The number of fused-ring (bicyclic) bond motifs is 1. The van der Waals surface area contributed by atoms with E-state index in [0.717, 1.165) is 25.2 Å². The summed E-state index contributed by atoms with van der Waals surface area (Å²) in [6.45, 7) is 3.25. The standard InChI is InChI=1S/C14H20N2O2/c1-3-12(16-9-14(17)15-2)10-4-5-13-11(8-10)6-7-18-13/h4-5,8,12,16H,3,6-7,9H2,1-2H3,(H,15,17). The van der Waals surface area contributed by atoms with Crippen LogP contribution in [0.4, 0.5) is 0 Å². The van der Waals surface area contributed by atoms with Gasteiger partial charge in [-0.05, 0) is 23.6 Å². The third kappa shape index (κ3) is 2.82. The Morgan fingerprint density at radius 1 is 1.50 bits per heavy atom. The molecule has 2 rings (SSSR count). The van der Waals surface area contributed by atoms with Crippen LogP contribution in [0.2, 0.25) is 0 Å². The molecular formula is C14H20N2O2. The topological polar surface area (TPSA) is 50.4 Å². The smallest absolute Gasteiger partial charge is 0.233 e. The molecule has 0 bridgehead atoms. The summed E-state index contributed by atoms with van der Waals surface area (Å²) in [7, 11) is 1.65. The molecule has 0 aliphatic carbocycles. The van der Waals surface area contributed by atoms with Crippen molar-refractivity contribution in [2.45, 2.75) is 25.8 Å². The molecule has 0 radical (unpaired) electrons. The van der Waals surface area contributed by atoms with Gasteiger partial charge in [-0.3, -0.25) is 4.79 Å². The fourth-order valence-electron chi connectivity index (χ4n) is 2.23. The lowest BCUT2D eigenvalue weighted by atomic mass is 10.0. The van der Waals surface area contributed by atoms with Crippen molar-refractivity contribution in [1.29, 1.82) is 0 Å². The van der Waals surface area contributed by atoms with E-state index in [1.165, 1.54) is 11.1 Å². The van der Waals surface area contributed by atoms with E-state index >= 15 is 0 Å². The van der Waals surface area contributed by atoms with Crippen molar-refractivity contribution >= 4 is 5.91 Å². The Hall–Kier alpha value is -1.55. The molecule has 1 aliphatic rings. The van der Waals surface area contributed by atoms with Crippen LogP contribution in [0.25, 0.3) is 0 Å². The zero-order valence-corrected chi connectivity index (χ0v) is 11.0. The lowest BCUT2D eigenvalue weighted by Crippen LogP contribution is -2.33. The van der Waals surface area contributed by atoms with E-state index in [4.69, 9.17) is 4.74 Å². The Morgan fingerprint density at radius 2 is 2.33 bits per heavy atom. The molecule has 0 aromatic heterocycles. The summed E-state index contributed by atoms with van der Waals surface area (Å²) in [4.78, 5) is 11.3. The molecule has 0 saturated carbocycles. The zero-order valence-electron chi connectivity index (χ0n) is 11.0. The molecule has 1 amide bonds. The quantitative estimate of drug-likeness (QED) is 0.828. The predicted octanol–water partition coefficient (Wildman–Crippen LogP) is 1.41. The van der Waals surface area contributed by atoms with E-state index in [-0.39, 0.29) is 11.9 Å². The van der Waals surface area contributed by atoms with Crippen molar-refractivity contribution in [3.8, 4) is 5.75 Å². The van der Waals surface area contributed by atoms with Crippen LogP contribution in [-0.4, -0.2) is 26.1 Å². The lowest BCUT2D eigenvalue weighted by molar-refractivity contribution is -0.119. The molecule has 2 N–H and O–H groups in total. The predicted molar refractivity (Wildman–Crippen MR) is 70.7 cm³/mol. The van der Waals surface area contributed by atoms with E-state index in [1.807, 2.05) is 6.07 Å². The molecule has 18 heavy (non-hydrogen) atoms. The number of likely N-dealkylation sites (N-methyl/N-ethyl adjacent to an activating group) is 1. The second-order valence-corrected chi connectivity index (χ2v) is 4.48. The Kier molecular flexibility index (Phi) is 4.20. The fraction of sp³-hybridized carbons (Fsp3) is 0.500. The third-order valence-corrected chi connectivity index (χ3v) is 3.31. The van der Waals surface area contributed by atoms with Gasteiger partial charge in [-0.25, -0.2) is 0 Å². The van der Waals surface area contributed by atoms with Crippen molar-refractivity contribution in [2.75, 3.05) is 20.2 Å². The summed E-state index contributed by atoms with van der Waals surface area (Å²) >= 11 is 0. The molecule has 1 aliphatic heterocycles. The minimum Gasteiger partial charge on any atom is -0.493 e. The van der Waals surface area contributed by atoms with Crippen molar-refractivity contribution in [2.24, 2.45) is 0 Å². The summed E-state index contributed by atoms with van der Waals surface area (Å²) in [6, 6.07) is 6.51. The van der Waals surface area contributed by atoms with Crippen LogP contribution in [0.15, 0.2) is 18.2 Å². The third-order valence-electron chi connectivity index (χ3n) is 3.31. The van der Waals surface area contributed by atoms with E-state index in [2.05, 4.69) is 29.7 Å². The Labute approximate surface area is 108 Å². The number of carbonyl (C=O) groups is 1. The van der Waals surface area contributed by atoms with E-state index in [1.54, 1.807) is 7.05 Å². The highest BCUT2D eigenvalue weighted by Crippen LogP contribution is 2.28. The number of hydrogen-bond acceptors (Lipinski definition) is 3. The van der Waals surface area contributed by atoms with Crippen LogP contribution in [0.1, 0.15) is 30.5 Å². The second-order valence-electron chi connectivity index (χ2n) is 4.48. The highest BCUT2D eigenvalue weighted by Gasteiger charge is 2.16. The van der Waals surface area contributed by atoms with E-state index in [0.29, 0.717) is 6.54 Å². The maximum atomic E-state index is 11.3. The maximum absolute atomic E-state index is 11.3. The number of carbonyl (C=O) groups excluding carboxylic acids is 1. The molecule has 1 aromatic carbocycles. The first-order valence-corrected chi connectivity index (χ1v) is 6.44. The number of amides is 1. The van der Waals surface area contributed by atoms with Gasteiger partial charge in [0.25, 0.3) is 0 Å². The first-order chi connectivity index (χ1) is 8.74. The summed E-state index contributed by atoms with van der Waals surface area (Å²) in [5.41, 5.74) is 2.50. The van der Waals surface area contributed by atoms with E-state index in [9.17, 15) is 4.79 Å². The van der Waals surface area contributed by atoms with Gasteiger partial charge in [0.15, 0.2) is 0 Å². The van der Waals surface area contributed by atoms with Crippen molar-refractivity contribution < 1.29 is 9.53 Å². The van der Waals surface area contributed by atoms with Gasteiger partial charge in [-0.1, -0.05) is 19.1 Å². The van der Waals surface area contributed by atoms with Crippen LogP contribution in [0.3, 0.4) is 0 Å². The molecule has 1 atom stereocenters. The summed E-state index contributed by atoms with van der Waals surface area (Å²) < 4.78 is 5.50. The molecule has 1 aromatic rings. The van der Waals surface area contributed by atoms with Gasteiger partial charge in [-0.2, -0.15) is 0 Å². The molecule has 1 unspecified atom stereocenters. The Balaban J connectivity index is 2.05. The first kappa shape index (κ1) is 12.9. The first-order valence-electron chi connectivity index (χ1n) is 6.44. The van der Waals surface area contributed by atoms with Gasteiger partial charge in [0.1, 0.15) is 5.75 Å². The number of rotatable bonds is 5. The molecule has 4 heteroatoms. The number of ether oxygens (including phenoxy) is 1. The van der Waals surface area contributed by atoms with Crippen LogP contribution in [0, 0.1) is 0 Å². The SMILES string of the molecule is CCC(NCC(=O)NC)c1ccc2c(c1)CCO2. The Morgan fingerprint density at radius 3 is 3.06 bits per heavy atom. The summed E-state index contributed by atoms with van der Waals surface area (Å²) in [6.07, 6.45) is 1.94. The molecule has 1 heterocycles. The fourth-order valence-corrected chi connectivity index (χ4v) is 2.23. The number of nitrogens with one attached hydrogen (secondary N) is 2. The monoisotopic (exact) mass is 248 g/mol. The minimum absolute atomic E-state index is 0.0120. The largest absolute Gasteiger partial charge is 0.493 e. The summed E-state index contributed by atoms with van der Waals surface area (Å²) in [5, 5.41) is 5.89. The van der Waals surface area contributed by atoms with Gasteiger partial charge < -0.3 is 15.4 Å². The van der Waals surface area contributed by atoms with Crippen LogP contribution < -0.4 is 15.4 Å². The normalized spacial score (nSPS) is 14.8. The van der Waals surface area contributed by atoms with Crippen molar-refractivity contribution in [1.82, 2.24) is 10.6 Å². The lowest BCUT2D eigenvalue weighted by Gasteiger charge is -2.17. The van der Waals surface area contributed by atoms with Gasteiger partial charge in [0.05, 0.1) is 13.2 Å². The van der Waals surface area contributed by atoms with Gasteiger partial charge in [0, 0.05) is 19.5 Å². The van der Waals surface area contributed by atoms with Gasteiger partial charge in [-0.15, -0.1) is 0 Å². The molecular weight excluding hydrogens is 228 g/mol. The van der Waals surface area contributed by atoms with Gasteiger partial charge >= 0.3 is 0 Å². The maximum Gasteiger partial charge on any atom is 0.233 e. The molecule has 0 fully saturated rings. The van der Waals surface area contributed by atoms with Crippen molar-refractivity contribution in [3.63, 3.8) is 0 Å². The molecule has 4 nitrogen and oxygen atoms in total. The highest BCUT2D eigenvalue weighted by molar-refractivity contribution is 5.77. The van der Waals surface area contributed by atoms with Crippen LogP contribution in [0.5, 0.6) is 5.75 Å². The molecule has 0 saturated heterocycles. The number of benzene rings is 1. The second kappa shape index (κ2) is 5.87. The van der Waals surface area contributed by atoms with Gasteiger partial charge in [0.2, 0.25) is 5.91 Å². The highest BCUT2D eigenvalue weighted by atomic mass is 16.5. The molecule has 0 spiro atoms. The zero-order chi connectivity index (χ0) is 13.0. The van der Waals surface area contributed by atoms with Crippen LogP contribution in [-0.2, 0) is 11.2 Å². The number of hydrogen-bond donors (Lipinski definition) is 2. The van der Waals surface area contributed by atoms with E-state index < -0.39 is 0 Å². The minimum atomic E-state index is 0.0120.